The van der Waals surface area contributed by atoms with E-state index in [2.05, 4.69) is 13.8 Å². The summed E-state index contributed by atoms with van der Waals surface area (Å²) in [5, 5.41) is 0. The van der Waals surface area contributed by atoms with E-state index in [1.165, 1.54) is 128 Å². The van der Waals surface area contributed by atoms with Crippen molar-refractivity contribution in [3.05, 3.63) is 0 Å². The molecule has 0 rings (SSSR count). The number of likely N-dealkylation sites (N-methyl/N-ethyl adjacent to an activating group) is 1. The number of quaternary nitrogens is 1. The summed E-state index contributed by atoms with van der Waals surface area (Å²) < 4.78 is 28.2. The zero-order valence-electron chi connectivity index (χ0n) is 33.3. The number of hydrogen-bond acceptors (Lipinski definition) is 7. The Bertz CT molecular complexity index is 844. The average Bonchev–Trinajstić information content (AvgIpc) is 3.02. The fourth-order valence-corrected chi connectivity index (χ4v) is 7.00. The van der Waals surface area contributed by atoms with Gasteiger partial charge in [0.1, 0.15) is 25.4 Å². The second-order valence-electron chi connectivity index (χ2n) is 15.7. The molecular weight excluding hydrogens is 653 g/mol. The molecule has 0 aliphatic rings. The number of unbranched alkanes of at least 4 members (excludes halogenated alkanes) is 24. The third-order valence-electron chi connectivity index (χ3n) is 9.26. The second kappa shape index (κ2) is 32.6. The van der Waals surface area contributed by atoms with E-state index < -0.39 is 26.0 Å². The molecule has 0 aromatic carbocycles. The van der Waals surface area contributed by atoms with Gasteiger partial charge in [0.25, 0.3) is 7.82 Å². The number of phosphoric acid groups is 1. The van der Waals surface area contributed by atoms with E-state index in [1.807, 2.05) is 21.1 Å². The summed E-state index contributed by atoms with van der Waals surface area (Å²) in [6.45, 7) is 4.56. The number of carbonyl (C=O) groups is 2. The van der Waals surface area contributed by atoms with Crippen molar-refractivity contribution in [1.29, 1.82) is 0 Å². The van der Waals surface area contributed by atoms with Gasteiger partial charge in [-0.25, -0.2) is 0 Å². The summed E-state index contributed by atoms with van der Waals surface area (Å²) in [4.78, 5) is 46.4. The quantitative estimate of drug-likeness (QED) is 0.0290. The van der Waals surface area contributed by atoms with Gasteiger partial charge in [0.05, 0.1) is 21.1 Å². The molecule has 0 aromatic heterocycles. The first-order valence-electron chi connectivity index (χ1n) is 20.7. The summed E-state index contributed by atoms with van der Waals surface area (Å²) in [6, 6.07) is 0. The molecule has 0 fully saturated rings. The van der Waals surface area contributed by atoms with Crippen molar-refractivity contribution in [3.63, 3.8) is 0 Å². The molecule has 3 unspecified atom stereocenters. The van der Waals surface area contributed by atoms with Gasteiger partial charge in [-0.15, -0.1) is 0 Å². The third-order valence-corrected chi connectivity index (χ3v) is 9.82. The summed E-state index contributed by atoms with van der Waals surface area (Å²) in [6.07, 6.45) is 30.4. The van der Waals surface area contributed by atoms with E-state index in [0.29, 0.717) is 17.3 Å². The molecule has 0 heterocycles. The Morgan fingerprint density at radius 1 is 0.580 bits per heavy atom. The lowest BCUT2D eigenvalue weighted by Gasteiger charge is -2.32. The number of esters is 2. The first-order valence-corrected chi connectivity index (χ1v) is 22.2. The van der Waals surface area contributed by atoms with Gasteiger partial charge in [0.2, 0.25) is 0 Å². The van der Waals surface area contributed by atoms with Crippen LogP contribution in [-0.4, -0.2) is 67.8 Å². The van der Waals surface area contributed by atoms with Crippen LogP contribution in [0, 0.1) is 0 Å². The maximum atomic E-state index is 12.8. The van der Waals surface area contributed by atoms with E-state index in [0.717, 1.165) is 32.1 Å². The van der Waals surface area contributed by atoms with Gasteiger partial charge in [-0.2, -0.15) is 0 Å². The van der Waals surface area contributed by atoms with Crippen molar-refractivity contribution in [1.82, 2.24) is 0 Å². The molecule has 3 atom stereocenters. The van der Waals surface area contributed by atoms with E-state index in [-0.39, 0.29) is 32.0 Å². The fraction of sp³-hybridized carbons (Fsp3) is 0.950. The highest BCUT2D eigenvalue weighted by atomic mass is 31.2. The first-order chi connectivity index (χ1) is 23.9. The molecule has 0 saturated heterocycles. The Kier molecular flexibility index (Phi) is 32.0. The number of carbonyl (C=O) groups excluding carboxylic acids is 2. The molecule has 298 valence electrons. The number of hydrogen-bond donors (Lipinski definition) is 1. The number of phosphoric ester groups is 1. The van der Waals surface area contributed by atoms with Crippen molar-refractivity contribution in [2.45, 2.75) is 212 Å². The van der Waals surface area contributed by atoms with Crippen LogP contribution in [0.15, 0.2) is 0 Å². The zero-order chi connectivity index (χ0) is 37.4. The maximum absolute atomic E-state index is 12.8. The van der Waals surface area contributed by atoms with Crippen LogP contribution in [0.2, 0.25) is 0 Å². The number of ether oxygens (including phenoxy) is 2. The predicted octanol–water partition coefficient (Wildman–Crippen LogP) is 10.3. The molecule has 50 heavy (non-hydrogen) atoms. The van der Waals surface area contributed by atoms with Gasteiger partial charge < -0.3 is 28.3 Å². The molecule has 0 aliphatic heterocycles. The third kappa shape index (κ3) is 36.8. The number of rotatable bonds is 37. The summed E-state index contributed by atoms with van der Waals surface area (Å²) in [5.41, 5.74) is 0. The Hall–Kier alpha value is -0.990. The summed E-state index contributed by atoms with van der Waals surface area (Å²) >= 11 is 0. The summed E-state index contributed by atoms with van der Waals surface area (Å²) in [5.74, 6) is -0.754. The lowest BCUT2D eigenvalue weighted by atomic mass is 10.0. The molecule has 0 amide bonds. The molecule has 0 aliphatic carbocycles. The lowest BCUT2D eigenvalue weighted by Crippen LogP contribution is -2.44. The fourth-order valence-electron chi connectivity index (χ4n) is 6.47. The first kappa shape index (κ1) is 49.0. The van der Waals surface area contributed by atoms with Gasteiger partial charge in [-0.1, -0.05) is 168 Å². The van der Waals surface area contributed by atoms with Gasteiger partial charge in [-0.3, -0.25) is 14.2 Å². The summed E-state index contributed by atoms with van der Waals surface area (Å²) in [7, 11) is 0.583. The van der Waals surface area contributed by atoms with Gasteiger partial charge >= 0.3 is 11.9 Å². The van der Waals surface area contributed by atoms with E-state index in [9.17, 15) is 23.9 Å². The van der Waals surface area contributed by atoms with Crippen molar-refractivity contribution in [2.24, 2.45) is 0 Å². The van der Waals surface area contributed by atoms with Crippen LogP contribution >= 0.6 is 7.82 Å². The SMILES string of the molecule is CCCCCCCCCCCCCCCC(=O)OCC(CC(C[N+](C)(C)C)OP(=O)([O-])O)OC(=O)CCCCCCCCCCCCCCC. The zero-order valence-corrected chi connectivity index (χ0v) is 34.2. The minimum Gasteiger partial charge on any atom is -0.756 e. The van der Waals surface area contributed by atoms with Crippen LogP contribution in [0.1, 0.15) is 200 Å². The Labute approximate surface area is 308 Å². The lowest BCUT2D eigenvalue weighted by molar-refractivity contribution is -0.873. The maximum Gasteiger partial charge on any atom is 0.306 e. The monoisotopic (exact) mass is 734 g/mol. The molecule has 0 bridgehead atoms. The van der Waals surface area contributed by atoms with Crippen LogP contribution < -0.4 is 4.89 Å². The highest BCUT2D eigenvalue weighted by Gasteiger charge is 2.29. The molecule has 0 spiro atoms. The Morgan fingerprint density at radius 2 is 0.920 bits per heavy atom. The largest absolute Gasteiger partial charge is 0.756 e. The normalized spacial score (nSPS) is 14.3. The molecular formula is C40H80NO8P. The van der Waals surface area contributed by atoms with E-state index in [4.69, 9.17) is 14.0 Å². The van der Waals surface area contributed by atoms with Gasteiger partial charge in [0.15, 0.2) is 0 Å². The highest BCUT2D eigenvalue weighted by molar-refractivity contribution is 7.44. The average molecular weight is 734 g/mol. The predicted molar refractivity (Wildman–Crippen MR) is 204 cm³/mol. The molecule has 0 radical (unpaired) electrons. The minimum absolute atomic E-state index is 0.0152. The van der Waals surface area contributed by atoms with Crippen LogP contribution in [0.4, 0.5) is 0 Å². The van der Waals surface area contributed by atoms with Gasteiger partial charge in [-0.05, 0) is 12.8 Å². The molecule has 1 N–H and O–H groups in total. The van der Waals surface area contributed by atoms with Gasteiger partial charge in [0, 0.05) is 19.3 Å². The smallest absolute Gasteiger partial charge is 0.306 e. The van der Waals surface area contributed by atoms with Crippen molar-refractivity contribution < 1.29 is 42.4 Å². The Morgan fingerprint density at radius 3 is 1.26 bits per heavy atom. The molecule has 0 aromatic rings. The van der Waals surface area contributed by atoms with Crippen LogP contribution in [0.25, 0.3) is 0 Å². The topological polar surface area (TPSA) is 122 Å². The van der Waals surface area contributed by atoms with Crippen molar-refractivity contribution >= 4 is 19.8 Å². The van der Waals surface area contributed by atoms with E-state index in [1.54, 1.807) is 0 Å². The molecule has 10 heteroatoms. The Balaban J connectivity index is 4.53. The highest BCUT2D eigenvalue weighted by Crippen LogP contribution is 2.34. The number of nitrogens with zero attached hydrogens (tertiary/aromatic N) is 1. The van der Waals surface area contributed by atoms with Crippen LogP contribution in [-0.2, 0) is 28.2 Å². The van der Waals surface area contributed by atoms with Crippen molar-refractivity contribution in [3.8, 4) is 0 Å². The minimum atomic E-state index is -5.03. The van der Waals surface area contributed by atoms with Crippen LogP contribution in [0.3, 0.4) is 0 Å². The van der Waals surface area contributed by atoms with Crippen LogP contribution in [0.5, 0.6) is 0 Å². The standard InChI is InChI=1S/C40H80NO8P/c1-6-8-10-12-14-16-18-20-22-24-26-28-30-32-39(42)47-36-38(34-37(35-41(3,4)5)49-50(44,45)46)48-40(43)33-31-29-27-25-23-21-19-17-15-13-11-9-7-2/h37-38H,6-36H2,1-5H3,(H-,44,45,46). The second-order valence-corrected chi connectivity index (χ2v) is 16.8. The van der Waals surface area contributed by atoms with E-state index >= 15 is 0 Å². The van der Waals surface area contributed by atoms with Crippen molar-refractivity contribution in [2.75, 3.05) is 34.3 Å². The molecule has 9 nitrogen and oxygen atoms in total. The molecule has 0 saturated carbocycles.